The second-order valence-corrected chi connectivity index (χ2v) is 8.28. The molecule has 3 rings (SSSR count). The van der Waals surface area contributed by atoms with Gasteiger partial charge in [0.15, 0.2) is 0 Å². The van der Waals surface area contributed by atoms with Crippen LogP contribution in [0.15, 0.2) is 54.6 Å². The predicted molar refractivity (Wildman–Crippen MR) is 127 cm³/mol. The van der Waals surface area contributed by atoms with E-state index in [0.717, 1.165) is 23.3 Å². The van der Waals surface area contributed by atoms with E-state index in [0.29, 0.717) is 36.1 Å². The Bertz CT molecular complexity index is 1010. The number of benzene rings is 2. The van der Waals surface area contributed by atoms with Gasteiger partial charge in [-0.05, 0) is 42.7 Å². The van der Waals surface area contributed by atoms with E-state index in [1.165, 1.54) is 11.3 Å². The topological polar surface area (TPSA) is 84.4 Å². The van der Waals surface area contributed by atoms with Crippen LogP contribution < -0.4 is 10.1 Å². The van der Waals surface area contributed by atoms with E-state index < -0.39 is 0 Å². The van der Waals surface area contributed by atoms with Crippen LogP contribution in [0.2, 0.25) is 0 Å². The van der Waals surface area contributed by atoms with Gasteiger partial charge in [-0.2, -0.15) is 0 Å². The van der Waals surface area contributed by atoms with Crippen molar-refractivity contribution in [3.63, 3.8) is 0 Å². The molecule has 1 N–H and O–H groups in total. The summed E-state index contributed by atoms with van der Waals surface area (Å²) in [7, 11) is 1.62. The molecule has 0 unspecified atom stereocenters. The average molecular weight is 453 g/mol. The van der Waals surface area contributed by atoms with E-state index in [1.54, 1.807) is 12.0 Å². The Kier molecular flexibility index (Phi) is 8.74. The Morgan fingerprint density at radius 3 is 2.44 bits per heavy atom. The van der Waals surface area contributed by atoms with Gasteiger partial charge in [-0.25, -0.2) is 0 Å². The molecule has 0 bridgehead atoms. The number of carbonyl (C=O) groups excluding carboxylic acids is 2. The van der Waals surface area contributed by atoms with Gasteiger partial charge in [0, 0.05) is 31.5 Å². The van der Waals surface area contributed by atoms with Crippen LogP contribution in [0.3, 0.4) is 0 Å². The number of nitrogens with zero attached hydrogens (tertiary/aromatic N) is 3. The van der Waals surface area contributed by atoms with E-state index in [9.17, 15) is 9.59 Å². The molecule has 2 amide bonds. The highest BCUT2D eigenvalue weighted by Gasteiger charge is 2.16. The maximum Gasteiger partial charge on any atom is 0.227 e. The normalized spacial score (nSPS) is 10.6. The number of hydrogen-bond acceptors (Lipinski definition) is 6. The smallest absolute Gasteiger partial charge is 0.227 e. The fraction of sp³-hybridized carbons (Fsp3) is 0.333. The number of amides is 2. The first-order chi connectivity index (χ1) is 15.6. The Hall–Kier alpha value is -3.26. The van der Waals surface area contributed by atoms with Gasteiger partial charge in [0.25, 0.3) is 0 Å². The van der Waals surface area contributed by atoms with E-state index in [4.69, 9.17) is 4.74 Å². The van der Waals surface area contributed by atoms with Gasteiger partial charge in [0.2, 0.25) is 16.9 Å². The van der Waals surface area contributed by atoms with Crippen LogP contribution in [0.4, 0.5) is 5.13 Å². The number of hydrogen-bond donors (Lipinski definition) is 1. The van der Waals surface area contributed by atoms with E-state index in [1.807, 2.05) is 61.5 Å². The number of anilines is 1. The summed E-state index contributed by atoms with van der Waals surface area (Å²) in [4.78, 5) is 26.8. The zero-order chi connectivity index (χ0) is 22.8. The molecule has 0 aliphatic carbocycles. The first-order valence-corrected chi connectivity index (χ1v) is 11.5. The third-order valence-corrected chi connectivity index (χ3v) is 5.82. The summed E-state index contributed by atoms with van der Waals surface area (Å²) in [5.74, 6) is 0.655. The van der Waals surface area contributed by atoms with Gasteiger partial charge in [-0.1, -0.05) is 48.6 Å². The minimum absolute atomic E-state index is 0.0706. The van der Waals surface area contributed by atoms with Gasteiger partial charge >= 0.3 is 0 Å². The molecule has 8 heteroatoms. The van der Waals surface area contributed by atoms with Crippen LogP contribution in [0.25, 0.3) is 10.6 Å². The van der Waals surface area contributed by atoms with Crippen LogP contribution in [-0.2, 0) is 16.0 Å². The van der Waals surface area contributed by atoms with Crippen molar-refractivity contribution in [2.75, 3.05) is 25.5 Å². The van der Waals surface area contributed by atoms with Crippen molar-refractivity contribution < 1.29 is 14.3 Å². The molecule has 32 heavy (non-hydrogen) atoms. The molecule has 2 aromatic carbocycles. The fourth-order valence-electron chi connectivity index (χ4n) is 3.23. The molecule has 168 valence electrons. The van der Waals surface area contributed by atoms with Gasteiger partial charge in [-0.3, -0.25) is 9.59 Å². The number of nitrogens with one attached hydrogen (secondary N) is 1. The molecule has 0 radical (unpaired) electrons. The fourth-order valence-corrected chi connectivity index (χ4v) is 3.99. The van der Waals surface area contributed by atoms with Crippen LogP contribution in [0.5, 0.6) is 5.75 Å². The number of aromatic nitrogens is 2. The maximum absolute atomic E-state index is 12.6. The molecular weight excluding hydrogens is 424 g/mol. The number of ether oxygens (including phenoxy) is 1. The third kappa shape index (κ3) is 6.88. The van der Waals surface area contributed by atoms with E-state index in [2.05, 4.69) is 15.5 Å². The maximum atomic E-state index is 12.6. The van der Waals surface area contributed by atoms with E-state index >= 15 is 0 Å². The first kappa shape index (κ1) is 23.4. The molecule has 0 spiro atoms. The highest BCUT2D eigenvalue weighted by Crippen LogP contribution is 2.27. The number of methoxy groups -OCH3 is 1. The average Bonchev–Trinajstić information content (AvgIpc) is 3.29. The first-order valence-electron chi connectivity index (χ1n) is 10.7. The summed E-state index contributed by atoms with van der Waals surface area (Å²) < 4.78 is 5.16. The quantitative estimate of drug-likeness (QED) is 0.466. The minimum atomic E-state index is -0.181. The molecule has 0 atom stereocenters. The lowest BCUT2D eigenvalue weighted by Crippen LogP contribution is -2.34. The number of rotatable bonds is 11. The summed E-state index contributed by atoms with van der Waals surface area (Å²) in [6, 6.07) is 17.5. The summed E-state index contributed by atoms with van der Waals surface area (Å²) in [5, 5.41) is 12.2. The molecular formula is C24H28N4O3S. The molecule has 1 heterocycles. The SMILES string of the molecule is CCCN(CCC(=O)Nc1nnc(-c2ccc(OC)cc2)s1)C(=O)CCc1ccccc1. The van der Waals surface area contributed by atoms with Crippen molar-refractivity contribution in [2.45, 2.75) is 32.6 Å². The van der Waals surface area contributed by atoms with Crippen molar-refractivity contribution in [3.8, 4) is 16.3 Å². The zero-order valence-corrected chi connectivity index (χ0v) is 19.2. The summed E-state index contributed by atoms with van der Waals surface area (Å²) in [6.07, 6.45) is 2.20. The highest BCUT2D eigenvalue weighted by molar-refractivity contribution is 7.18. The number of carbonyl (C=O) groups is 2. The van der Waals surface area contributed by atoms with Crippen LogP contribution >= 0.6 is 11.3 Å². The van der Waals surface area contributed by atoms with Gasteiger partial charge in [-0.15, -0.1) is 10.2 Å². The van der Waals surface area contributed by atoms with Crippen LogP contribution in [0.1, 0.15) is 31.7 Å². The lowest BCUT2D eigenvalue weighted by molar-refractivity contribution is -0.131. The van der Waals surface area contributed by atoms with Gasteiger partial charge < -0.3 is 15.0 Å². The molecule has 0 fully saturated rings. The van der Waals surface area contributed by atoms with Crippen molar-refractivity contribution >= 4 is 28.3 Å². The van der Waals surface area contributed by atoms with Crippen LogP contribution in [-0.4, -0.2) is 47.1 Å². The third-order valence-electron chi connectivity index (χ3n) is 4.93. The van der Waals surface area contributed by atoms with Crippen molar-refractivity contribution in [1.82, 2.24) is 15.1 Å². The van der Waals surface area contributed by atoms with Gasteiger partial charge in [0.1, 0.15) is 10.8 Å². The molecule has 3 aromatic rings. The molecule has 7 nitrogen and oxygen atoms in total. The Morgan fingerprint density at radius 1 is 1.00 bits per heavy atom. The molecule has 0 aliphatic heterocycles. The largest absolute Gasteiger partial charge is 0.497 e. The Morgan fingerprint density at radius 2 is 1.75 bits per heavy atom. The highest BCUT2D eigenvalue weighted by atomic mass is 32.1. The lowest BCUT2D eigenvalue weighted by Gasteiger charge is -2.22. The van der Waals surface area contributed by atoms with E-state index in [-0.39, 0.29) is 18.2 Å². The Balaban J connectivity index is 1.49. The standard InChI is InChI=1S/C24H28N4O3S/c1-3-16-28(22(30)14-9-18-7-5-4-6-8-18)17-15-21(29)25-24-27-26-23(32-24)19-10-12-20(31-2)13-11-19/h4-8,10-13H,3,9,14-17H2,1-2H3,(H,25,27,29). The number of aryl methyl sites for hydroxylation is 1. The van der Waals surface area contributed by atoms with Crippen molar-refractivity contribution in [1.29, 1.82) is 0 Å². The molecule has 0 saturated carbocycles. The summed E-state index contributed by atoms with van der Waals surface area (Å²) in [5.41, 5.74) is 2.04. The molecule has 0 saturated heterocycles. The summed E-state index contributed by atoms with van der Waals surface area (Å²) in [6.45, 7) is 3.05. The lowest BCUT2D eigenvalue weighted by atomic mass is 10.1. The molecule has 0 aliphatic rings. The van der Waals surface area contributed by atoms with Crippen molar-refractivity contribution in [2.24, 2.45) is 0 Å². The second-order valence-electron chi connectivity index (χ2n) is 7.31. The Labute approximate surface area is 192 Å². The van der Waals surface area contributed by atoms with Crippen molar-refractivity contribution in [3.05, 3.63) is 60.2 Å². The van der Waals surface area contributed by atoms with Gasteiger partial charge in [0.05, 0.1) is 7.11 Å². The molecule has 1 aromatic heterocycles. The zero-order valence-electron chi connectivity index (χ0n) is 18.4. The second kappa shape index (κ2) is 12.0. The predicted octanol–water partition coefficient (Wildman–Crippen LogP) is 4.41. The minimum Gasteiger partial charge on any atom is -0.497 e. The summed E-state index contributed by atoms with van der Waals surface area (Å²) >= 11 is 1.31. The van der Waals surface area contributed by atoms with Crippen LogP contribution in [0, 0.1) is 0 Å². The monoisotopic (exact) mass is 452 g/mol.